The fraction of sp³-hybridized carbons (Fsp3) is 0.105. The predicted molar refractivity (Wildman–Crippen MR) is 101 cm³/mol. The van der Waals surface area contributed by atoms with Gasteiger partial charge in [0.2, 0.25) is 0 Å². The van der Waals surface area contributed by atoms with Gasteiger partial charge in [-0.2, -0.15) is 5.10 Å². The van der Waals surface area contributed by atoms with E-state index in [-0.39, 0.29) is 0 Å². The average Bonchev–Trinajstić information content (AvgIpc) is 3.18. The number of H-pyrrole nitrogens is 1. The second kappa shape index (κ2) is 6.03. The first-order chi connectivity index (χ1) is 12.9. The number of nitrogens with one attached hydrogen (secondary N) is 3. The number of benzene rings is 2. The lowest BCUT2D eigenvalue weighted by Gasteiger charge is -2.20. The molecule has 3 heterocycles. The average molecular weight is 344 g/mol. The molecule has 0 fully saturated rings. The highest BCUT2D eigenvalue weighted by Gasteiger charge is 2.13. The van der Waals surface area contributed by atoms with E-state index < -0.39 is 0 Å². The van der Waals surface area contributed by atoms with Crippen molar-refractivity contribution in [3.05, 3.63) is 54.7 Å². The highest BCUT2D eigenvalue weighted by Crippen LogP contribution is 2.32. The summed E-state index contributed by atoms with van der Waals surface area (Å²) in [6, 6.07) is 15.8. The Morgan fingerprint density at radius 2 is 1.96 bits per heavy atom. The molecule has 1 aliphatic heterocycles. The zero-order chi connectivity index (χ0) is 17.3. The van der Waals surface area contributed by atoms with E-state index in [0.29, 0.717) is 18.2 Å². The maximum absolute atomic E-state index is 5.63. The Hall–Kier alpha value is -3.61. The van der Waals surface area contributed by atoms with Gasteiger partial charge < -0.3 is 15.4 Å². The Morgan fingerprint density at radius 3 is 2.88 bits per heavy atom. The molecule has 26 heavy (non-hydrogen) atoms. The van der Waals surface area contributed by atoms with Gasteiger partial charge >= 0.3 is 0 Å². The Morgan fingerprint density at radius 1 is 1.04 bits per heavy atom. The summed E-state index contributed by atoms with van der Waals surface area (Å²) in [5, 5.41) is 13.8. The Bertz CT molecular complexity index is 1080. The first-order valence-electron chi connectivity index (χ1n) is 8.41. The second-order valence-corrected chi connectivity index (χ2v) is 6.00. The zero-order valence-electron chi connectivity index (χ0n) is 13.9. The number of fused-ring (bicyclic) bond motifs is 2. The molecule has 0 saturated carbocycles. The smallest absolute Gasteiger partial charge is 0.162 e. The second-order valence-electron chi connectivity index (χ2n) is 6.00. The van der Waals surface area contributed by atoms with Crippen LogP contribution in [0.2, 0.25) is 0 Å². The Balaban J connectivity index is 1.57. The van der Waals surface area contributed by atoms with E-state index in [4.69, 9.17) is 9.72 Å². The maximum Gasteiger partial charge on any atom is 0.162 e. The van der Waals surface area contributed by atoms with Crippen molar-refractivity contribution in [2.45, 2.75) is 0 Å². The van der Waals surface area contributed by atoms with Crippen LogP contribution >= 0.6 is 0 Å². The van der Waals surface area contributed by atoms with Gasteiger partial charge in [0, 0.05) is 17.8 Å². The summed E-state index contributed by atoms with van der Waals surface area (Å²) in [5.41, 5.74) is 4.38. The summed E-state index contributed by atoms with van der Waals surface area (Å²) in [5.74, 6) is 2.20. The summed E-state index contributed by atoms with van der Waals surface area (Å²) in [7, 11) is 0. The molecule has 0 aliphatic carbocycles. The van der Waals surface area contributed by atoms with E-state index in [2.05, 4.69) is 25.8 Å². The van der Waals surface area contributed by atoms with Crippen LogP contribution < -0.4 is 15.4 Å². The van der Waals surface area contributed by atoms with E-state index in [1.54, 1.807) is 6.20 Å². The minimum Gasteiger partial charge on any atom is -0.490 e. The number of anilines is 3. The van der Waals surface area contributed by atoms with E-state index in [0.717, 1.165) is 40.3 Å². The number of hydrogen-bond donors (Lipinski definition) is 3. The molecule has 4 aromatic rings. The number of aromatic amines is 1. The number of rotatable bonds is 3. The summed E-state index contributed by atoms with van der Waals surface area (Å²) < 4.78 is 5.63. The molecular formula is C19H16N6O. The third-order valence-corrected chi connectivity index (χ3v) is 4.25. The van der Waals surface area contributed by atoms with Crippen LogP contribution in [0.4, 0.5) is 17.2 Å². The van der Waals surface area contributed by atoms with Crippen molar-refractivity contribution in [1.82, 2.24) is 20.2 Å². The van der Waals surface area contributed by atoms with E-state index >= 15 is 0 Å². The van der Waals surface area contributed by atoms with Gasteiger partial charge in [-0.1, -0.05) is 30.3 Å². The molecule has 0 saturated heterocycles. The van der Waals surface area contributed by atoms with Crippen molar-refractivity contribution >= 4 is 28.2 Å². The number of hydrogen-bond acceptors (Lipinski definition) is 6. The molecule has 7 heteroatoms. The first kappa shape index (κ1) is 14.7. The zero-order valence-corrected chi connectivity index (χ0v) is 13.9. The van der Waals surface area contributed by atoms with Crippen molar-refractivity contribution < 1.29 is 4.74 Å². The van der Waals surface area contributed by atoms with Crippen LogP contribution in [0.5, 0.6) is 5.75 Å². The van der Waals surface area contributed by atoms with Crippen LogP contribution in [0.25, 0.3) is 22.4 Å². The minimum atomic E-state index is 0.654. The Kier molecular flexibility index (Phi) is 3.41. The van der Waals surface area contributed by atoms with E-state index in [9.17, 15) is 0 Å². The third kappa shape index (κ3) is 2.59. The topological polar surface area (TPSA) is 87.8 Å². The molecule has 5 rings (SSSR count). The number of ether oxygens (including phenoxy) is 1. The van der Waals surface area contributed by atoms with Crippen molar-refractivity contribution in [3.8, 4) is 17.1 Å². The molecule has 2 aromatic carbocycles. The molecule has 0 amide bonds. The van der Waals surface area contributed by atoms with Crippen molar-refractivity contribution in [2.24, 2.45) is 0 Å². The molecule has 7 nitrogen and oxygen atoms in total. The molecule has 0 unspecified atom stereocenters. The lowest BCUT2D eigenvalue weighted by Crippen LogP contribution is -2.17. The van der Waals surface area contributed by atoms with Crippen molar-refractivity contribution in [3.63, 3.8) is 0 Å². The molecule has 0 atom stereocenters. The minimum absolute atomic E-state index is 0.654. The fourth-order valence-corrected chi connectivity index (χ4v) is 3.00. The van der Waals surface area contributed by atoms with Gasteiger partial charge in [-0.25, -0.2) is 9.97 Å². The van der Waals surface area contributed by atoms with Gasteiger partial charge in [-0.05, 0) is 18.2 Å². The molecular weight excluding hydrogens is 328 g/mol. The lowest BCUT2D eigenvalue weighted by molar-refractivity contribution is 0.323. The normalized spacial score (nSPS) is 12.9. The van der Waals surface area contributed by atoms with Gasteiger partial charge in [-0.15, -0.1) is 0 Å². The van der Waals surface area contributed by atoms with Crippen molar-refractivity contribution in [2.75, 3.05) is 23.8 Å². The number of aromatic nitrogens is 4. The summed E-state index contributed by atoms with van der Waals surface area (Å²) >= 11 is 0. The van der Waals surface area contributed by atoms with E-state index in [1.807, 2.05) is 48.5 Å². The van der Waals surface area contributed by atoms with Crippen LogP contribution in [-0.2, 0) is 0 Å². The molecule has 3 N–H and O–H groups in total. The number of nitrogens with zero attached hydrogens (tertiary/aromatic N) is 3. The maximum atomic E-state index is 5.63. The fourth-order valence-electron chi connectivity index (χ4n) is 3.00. The van der Waals surface area contributed by atoms with Crippen LogP contribution in [0.15, 0.2) is 54.7 Å². The van der Waals surface area contributed by atoms with Crippen LogP contribution in [0.3, 0.4) is 0 Å². The lowest BCUT2D eigenvalue weighted by atomic mass is 10.2. The van der Waals surface area contributed by atoms with Gasteiger partial charge in [0.25, 0.3) is 0 Å². The Labute approximate surface area is 149 Å². The molecule has 128 valence electrons. The quantitative estimate of drug-likeness (QED) is 0.527. The third-order valence-electron chi connectivity index (χ3n) is 4.25. The van der Waals surface area contributed by atoms with E-state index in [1.165, 1.54) is 0 Å². The van der Waals surface area contributed by atoms with Crippen LogP contribution in [0.1, 0.15) is 0 Å². The summed E-state index contributed by atoms with van der Waals surface area (Å²) in [6.07, 6.45) is 1.71. The molecule has 0 radical (unpaired) electrons. The van der Waals surface area contributed by atoms with Gasteiger partial charge in [-0.3, -0.25) is 5.10 Å². The predicted octanol–water partition coefficient (Wildman–Crippen LogP) is 3.57. The molecule has 0 bridgehead atoms. The summed E-state index contributed by atoms with van der Waals surface area (Å²) in [4.78, 5) is 9.31. The largest absolute Gasteiger partial charge is 0.490 e. The van der Waals surface area contributed by atoms with Crippen molar-refractivity contribution in [1.29, 1.82) is 0 Å². The van der Waals surface area contributed by atoms with Gasteiger partial charge in [0.15, 0.2) is 11.6 Å². The molecule has 1 aliphatic rings. The van der Waals surface area contributed by atoms with Crippen LogP contribution in [0, 0.1) is 0 Å². The highest BCUT2D eigenvalue weighted by molar-refractivity contribution is 5.89. The molecule has 2 aromatic heterocycles. The summed E-state index contributed by atoms with van der Waals surface area (Å²) in [6.45, 7) is 1.48. The standard InChI is InChI=1S/C19H16N6O/c1-2-4-12(5-3-1)18-23-15-11-21-25-17(15)19(24-18)22-13-6-7-16-14(10-13)20-8-9-26-16/h1-7,10-11,20H,8-9H2,(H,21,25)(H,22,23,24). The first-order valence-corrected chi connectivity index (χ1v) is 8.41. The van der Waals surface area contributed by atoms with Gasteiger partial charge in [0.05, 0.1) is 11.9 Å². The van der Waals surface area contributed by atoms with Gasteiger partial charge in [0.1, 0.15) is 23.4 Å². The molecule has 0 spiro atoms. The highest BCUT2D eigenvalue weighted by atomic mass is 16.5. The van der Waals surface area contributed by atoms with Crippen LogP contribution in [-0.4, -0.2) is 33.3 Å². The SMILES string of the molecule is c1ccc(-c2nc(Nc3ccc4c(c3)NCCO4)c3[nH]ncc3n2)cc1. The monoisotopic (exact) mass is 344 g/mol.